The number of carbonyl (C=O) groups excluding carboxylic acids is 1. The summed E-state index contributed by atoms with van der Waals surface area (Å²) in [6, 6.07) is 10.5. The molecule has 0 aliphatic rings. The second-order valence-corrected chi connectivity index (χ2v) is 6.40. The molecule has 6 heteroatoms. The fraction of sp³-hybridized carbons (Fsp3) is 0. The minimum absolute atomic E-state index is 0.231. The van der Waals surface area contributed by atoms with Gasteiger partial charge in [-0.05, 0) is 68.3 Å². The molecule has 0 spiro atoms. The highest BCUT2D eigenvalue weighted by atomic mass is 79.9. The SMILES string of the molecule is O=C(Nc1cc(Cl)ccc1Br)c1cc(S)ccc1Br. The highest BCUT2D eigenvalue weighted by Gasteiger charge is 2.12. The van der Waals surface area contributed by atoms with Crippen LogP contribution in [0.4, 0.5) is 5.69 Å². The maximum absolute atomic E-state index is 12.2. The number of anilines is 1. The van der Waals surface area contributed by atoms with Crippen LogP contribution in [0.1, 0.15) is 10.4 Å². The van der Waals surface area contributed by atoms with E-state index >= 15 is 0 Å². The Hall–Kier alpha value is -0.490. The number of rotatable bonds is 2. The fourth-order valence-electron chi connectivity index (χ4n) is 1.47. The van der Waals surface area contributed by atoms with Crippen LogP contribution in [-0.2, 0) is 0 Å². The molecule has 2 aromatic carbocycles. The molecule has 0 saturated heterocycles. The molecular weight excluding hydrogens is 413 g/mol. The normalized spacial score (nSPS) is 10.3. The molecule has 0 bridgehead atoms. The molecule has 0 aliphatic carbocycles. The molecule has 0 heterocycles. The Kier molecular flexibility index (Phi) is 4.95. The standard InChI is InChI=1S/C13H8Br2ClNOS/c14-10-4-2-8(19)6-9(10)13(18)17-12-5-7(16)1-3-11(12)15/h1-6,19H,(H,17,18). The largest absolute Gasteiger partial charge is 0.321 e. The van der Waals surface area contributed by atoms with Gasteiger partial charge >= 0.3 is 0 Å². The zero-order chi connectivity index (χ0) is 14.0. The van der Waals surface area contributed by atoms with E-state index in [1.165, 1.54) is 0 Å². The molecule has 0 aromatic heterocycles. The Morgan fingerprint density at radius 3 is 2.53 bits per heavy atom. The molecule has 2 aromatic rings. The lowest BCUT2D eigenvalue weighted by Gasteiger charge is -2.09. The van der Waals surface area contributed by atoms with Gasteiger partial charge in [-0.1, -0.05) is 11.6 Å². The highest BCUT2D eigenvalue weighted by molar-refractivity contribution is 9.11. The molecule has 0 saturated carbocycles. The molecule has 0 radical (unpaired) electrons. The molecule has 1 N–H and O–H groups in total. The number of hydrogen-bond donors (Lipinski definition) is 2. The third kappa shape index (κ3) is 3.75. The summed E-state index contributed by atoms with van der Waals surface area (Å²) in [7, 11) is 0. The van der Waals surface area contributed by atoms with Gasteiger partial charge in [0.05, 0.1) is 11.3 Å². The lowest BCUT2D eigenvalue weighted by molar-refractivity contribution is 0.102. The first-order valence-corrected chi connectivity index (χ1v) is 7.63. The van der Waals surface area contributed by atoms with E-state index in [1.54, 1.807) is 36.4 Å². The predicted molar refractivity (Wildman–Crippen MR) is 88.5 cm³/mol. The summed E-state index contributed by atoms with van der Waals surface area (Å²) in [5.74, 6) is -0.231. The maximum atomic E-state index is 12.2. The van der Waals surface area contributed by atoms with E-state index in [9.17, 15) is 4.79 Å². The lowest BCUT2D eigenvalue weighted by atomic mass is 10.2. The van der Waals surface area contributed by atoms with Crippen molar-refractivity contribution in [2.75, 3.05) is 5.32 Å². The quantitative estimate of drug-likeness (QED) is 0.624. The van der Waals surface area contributed by atoms with Crippen molar-refractivity contribution < 1.29 is 4.79 Å². The number of halogens is 3. The Bertz CT molecular complexity index is 649. The molecule has 0 unspecified atom stereocenters. The van der Waals surface area contributed by atoms with Crippen LogP contribution < -0.4 is 5.32 Å². The number of thiol groups is 1. The van der Waals surface area contributed by atoms with Crippen molar-refractivity contribution in [2.24, 2.45) is 0 Å². The van der Waals surface area contributed by atoms with Crippen LogP contribution in [-0.4, -0.2) is 5.91 Å². The van der Waals surface area contributed by atoms with Gasteiger partial charge in [0.25, 0.3) is 5.91 Å². The predicted octanol–water partition coefficient (Wildman–Crippen LogP) is 5.41. The van der Waals surface area contributed by atoms with Crippen molar-refractivity contribution in [2.45, 2.75) is 4.90 Å². The van der Waals surface area contributed by atoms with E-state index in [1.807, 2.05) is 0 Å². The molecule has 98 valence electrons. The van der Waals surface area contributed by atoms with E-state index in [2.05, 4.69) is 49.8 Å². The van der Waals surface area contributed by atoms with Gasteiger partial charge in [-0.25, -0.2) is 0 Å². The van der Waals surface area contributed by atoms with Crippen molar-refractivity contribution in [1.82, 2.24) is 0 Å². The number of hydrogen-bond acceptors (Lipinski definition) is 2. The molecule has 0 aliphatic heterocycles. The van der Waals surface area contributed by atoms with Gasteiger partial charge in [0.15, 0.2) is 0 Å². The van der Waals surface area contributed by atoms with E-state index in [-0.39, 0.29) is 5.91 Å². The Morgan fingerprint density at radius 1 is 1.11 bits per heavy atom. The highest BCUT2D eigenvalue weighted by Crippen LogP contribution is 2.27. The second kappa shape index (κ2) is 6.31. The summed E-state index contributed by atoms with van der Waals surface area (Å²) in [5, 5.41) is 3.36. The lowest BCUT2D eigenvalue weighted by Crippen LogP contribution is -2.13. The number of nitrogens with one attached hydrogen (secondary N) is 1. The molecule has 0 fully saturated rings. The van der Waals surface area contributed by atoms with Gasteiger partial charge in [0, 0.05) is 18.9 Å². The van der Waals surface area contributed by atoms with E-state index < -0.39 is 0 Å². The first kappa shape index (κ1) is 14.9. The molecular formula is C13H8Br2ClNOS. The van der Waals surface area contributed by atoms with Crippen molar-refractivity contribution in [3.63, 3.8) is 0 Å². The van der Waals surface area contributed by atoms with Crippen molar-refractivity contribution in [3.05, 3.63) is 55.9 Å². The molecule has 0 atom stereocenters. The zero-order valence-corrected chi connectivity index (χ0v) is 14.3. The summed E-state index contributed by atoms with van der Waals surface area (Å²) >= 11 is 16.8. The van der Waals surface area contributed by atoms with Crippen LogP contribution in [0.25, 0.3) is 0 Å². The van der Waals surface area contributed by atoms with Crippen LogP contribution >= 0.6 is 56.1 Å². The maximum Gasteiger partial charge on any atom is 0.256 e. The van der Waals surface area contributed by atoms with Gasteiger partial charge in [0.2, 0.25) is 0 Å². The average molecular weight is 422 g/mol. The van der Waals surface area contributed by atoms with Gasteiger partial charge in [-0.2, -0.15) is 0 Å². The van der Waals surface area contributed by atoms with Crippen LogP contribution in [0.3, 0.4) is 0 Å². The third-order valence-electron chi connectivity index (χ3n) is 2.37. The third-order valence-corrected chi connectivity index (χ3v) is 4.27. The first-order valence-electron chi connectivity index (χ1n) is 5.22. The number of benzene rings is 2. The second-order valence-electron chi connectivity index (χ2n) is 3.74. The van der Waals surface area contributed by atoms with Crippen molar-refractivity contribution >= 4 is 67.7 Å². The summed E-state index contributed by atoms with van der Waals surface area (Å²) in [5.41, 5.74) is 1.13. The van der Waals surface area contributed by atoms with Crippen LogP contribution in [0.5, 0.6) is 0 Å². The fourth-order valence-corrected chi connectivity index (χ4v) is 2.62. The Morgan fingerprint density at radius 2 is 1.79 bits per heavy atom. The topological polar surface area (TPSA) is 29.1 Å². The summed E-state index contributed by atoms with van der Waals surface area (Å²) in [4.78, 5) is 12.9. The zero-order valence-electron chi connectivity index (χ0n) is 9.45. The van der Waals surface area contributed by atoms with Gasteiger partial charge in [-0.15, -0.1) is 12.6 Å². The van der Waals surface area contributed by atoms with E-state index in [4.69, 9.17) is 11.6 Å². The molecule has 19 heavy (non-hydrogen) atoms. The van der Waals surface area contributed by atoms with Crippen molar-refractivity contribution in [3.8, 4) is 0 Å². The number of amides is 1. The van der Waals surface area contributed by atoms with Crippen LogP contribution in [0, 0.1) is 0 Å². The molecule has 2 rings (SSSR count). The van der Waals surface area contributed by atoms with Gasteiger partial charge in [-0.3, -0.25) is 4.79 Å². The molecule has 1 amide bonds. The first-order chi connectivity index (χ1) is 8.97. The van der Waals surface area contributed by atoms with Crippen molar-refractivity contribution in [1.29, 1.82) is 0 Å². The monoisotopic (exact) mass is 419 g/mol. The van der Waals surface area contributed by atoms with Gasteiger partial charge in [0.1, 0.15) is 0 Å². The Balaban J connectivity index is 2.30. The Labute approximate surface area is 138 Å². The minimum Gasteiger partial charge on any atom is -0.321 e. The van der Waals surface area contributed by atoms with Gasteiger partial charge < -0.3 is 5.32 Å². The summed E-state index contributed by atoms with van der Waals surface area (Å²) < 4.78 is 1.48. The average Bonchev–Trinajstić information content (AvgIpc) is 2.36. The van der Waals surface area contributed by atoms with Crippen LogP contribution in [0.2, 0.25) is 5.02 Å². The summed E-state index contributed by atoms with van der Waals surface area (Å²) in [6.45, 7) is 0. The number of carbonyl (C=O) groups is 1. The summed E-state index contributed by atoms with van der Waals surface area (Å²) in [6.07, 6.45) is 0. The molecule has 2 nitrogen and oxygen atoms in total. The smallest absolute Gasteiger partial charge is 0.256 e. The van der Waals surface area contributed by atoms with Crippen LogP contribution in [0.15, 0.2) is 50.2 Å². The van der Waals surface area contributed by atoms with E-state index in [0.717, 1.165) is 9.37 Å². The minimum atomic E-state index is -0.231. The van der Waals surface area contributed by atoms with E-state index in [0.29, 0.717) is 20.7 Å².